The van der Waals surface area contributed by atoms with Crippen molar-refractivity contribution in [3.63, 3.8) is 0 Å². The Morgan fingerprint density at radius 1 is 0.571 bits per heavy atom. The van der Waals surface area contributed by atoms with Crippen molar-refractivity contribution in [2.24, 2.45) is 0 Å². The van der Waals surface area contributed by atoms with Gasteiger partial charge in [0.05, 0.1) is 0 Å². The van der Waals surface area contributed by atoms with Crippen molar-refractivity contribution >= 4 is 0 Å². The minimum Gasteiger partial charge on any atom is -0.429 e. The Balaban J connectivity index is 1.63. The third-order valence-corrected chi connectivity index (χ3v) is 5.24. The fourth-order valence-electron chi connectivity index (χ4n) is 3.44. The molecule has 4 aromatic carbocycles. The van der Waals surface area contributed by atoms with Gasteiger partial charge < -0.3 is 4.74 Å². The van der Waals surface area contributed by atoms with Crippen LogP contribution in [0.1, 0.15) is 11.1 Å². The van der Waals surface area contributed by atoms with Gasteiger partial charge in [-0.25, -0.2) is 26.3 Å². The highest BCUT2D eigenvalue weighted by molar-refractivity contribution is 5.66. The molecule has 0 bridgehead atoms. The maximum Gasteiger partial charge on any atom is 0.429 e. The van der Waals surface area contributed by atoms with E-state index in [0.717, 1.165) is 23.8 Å². The first-order chi connectivity index (χ1) is 16.5. The quantitative estimate of drug-likeness (QED) is 0.200. The second kappa shape index (κ2) is 9.05. The molecule has 0 aliphatic carbocycles. The van der Waals surface area contributed by atoms with Crippen LogP contribution in [-0.4, -0.2) is 0 Å². The highest BCUT2D eigenvalue weighted by Gasteiger charge is 2.39. The summed E-state index contributed by atoms with van der Waals surface area (Å²) in [5.74, 6) is -10.3. The molecule has 0 N–H and O–H groups in total. The van der Waals surface area contributed by atoms with Gasteiger partial charge >= 0.3 is 6.11 Å². The van der Waals surface area contributed by atoms with Crippen LogP contribution in [0.25, 0.3) is 22.3 Å². The van der Waals surface area contributed by atoms with E-state index in [-0.39, 0.29) is 11.1 Å². The molecule has 35 heavy (non-hydrogen) atoms. The summed E-state index contributed by atoms with van der Waals surface area (Å²) >= 11 is 0. The Morgan fingerprint density at radius 2 is 1.17 bits per heavy atom. The van der Waals surface area contributed by atoms with Gasteiger partial charge in [-0.05, 0) is 48.4 Å². The number of rotatable bonds is 5. The van der Waals surface area contributed by atoms with Gasteiger partial charge in [0, 0.05) is 17.2 Å². The van der Waals surface area contributed by atoms with Crippen molar-refractivity contribution in [2.45, 2.75) is 13.0 Å². The number of aryl methyl sites for hydroxylation is 1. The zero-order valence-corrected chi connectivity index (χ0v) is 17.8. The topological polar surface area (TPSA) is 9.23 Å². The molecule has 0 aliphatic heterocycles. The molecule has 0 spiro atoms. The zero-order valence-electron chi connectivity index (χ0n) is 17.8. The molecule has 180 valence electrons. The van der Waals surface area contributed by atoms with Crippen LogP contribution in [0.3, 0.4) is 0 Å². The standard InChI is InChI=1S/C26H14F8O/c1-13-2-4-14(5-3-13)18-8-9-19(24(31)23(18)30)26(33,34)35-16-6-7-17(20(27)12-16)15-10-21(28)25(32)22(29)11-15/h2-12H,1H3. The molecule has 4 aromatic rings. The Hall–Kier alpha value is -3.88. The molecule has 9 heteroatoms. The highest BCUT2D eigenvalue weighted by Crippen LogP contribution is 2.38. The Labute approximate surface area is 194 Å². The molecule has 0 saturated heterocycles. The number of halogens is 8. The van der Waals surface area contributed by atoms with Gasteiger partial charge in [0.25, 0.3) is 0 Å². The fraction of sp³-hybridized carbons (Fsp3) is 0.0769. The Kier molecular flexibility index (Phi) is 6.27. The number of hydrogen-bond acceptors (Lipinski definition) is 1. The van der Waals surface area contributed by atoms with E-state index < -0.39 is 63.5 Å². The van der Waals surface area contributed by atoms with Crippen LogP contribution in [0, 0.1) is 41.8 Å². The molecule has 0 atom stereocenters. The summed E-state index contributed by atoms with van der Waals surface area (Å²) in [6.45, 7) is 1.79. The lowest BCUT2D eigenvalue weighted by molar-refractivity contribution is -0.187. The highest BCUT2D eigenvalue weighted by atomic mass is 19.3. The minimum atomic E-state index is -4.40. The second-order valence-corrected chi connectivity index (χ2v) is 7.67. The summed E-state index contributed by atoms with van der Waals surface area (Å²) in [6.07, 6.45) is -4.40. The summed E-state index contributed by atoms with van der Waals surface area (Å²) in [6, 6.07) is 11.1. The van der Waals surface area contributed by atoms with Gasteiger partial charge in [-0.3, -0.25) is 0 Å². The van der Waals surface area contributed by atoms with Gasteiger partial charge in [-0.2, -0.15) is 8.78 Å². The second-order valence-electron chi connectivity index (χ2n) is 7.67. The van der Waals surface area contributed by atoms with Gasteiger partial charge in [0.2, 0.25) is 0 Å². The van der Waals surface area contributed by atoms with Gasteiger partial charge in [0.15, 0.2) is 29.1 Å². The van der Waals surface area contributed by atoms with E-state index in [9.17, 15) is 35.1 Å². The lowest BCUT2D eigenvalue weighted by Crippen LogP contribution is -2.24. The van der Waals surface area contributed by atoms with E-state index in [0.29, 0.717) is 24.3 Å². The lowest BCUT2D eigenvalue weighted by Gasteiger charge is -2.20. The number of alkyl halides is 2. The summed E-state index contributed by atoms with van der Waals surface area (Å²) in [4.78, 5) is 0. The molecule has 0 aliphatic rings. The summed E-state index contributed by atoms with van der Waals surface area (Å²) < 4.78 is 118. The van der Waals surface area contributed by atoms with Gasteiger partial charge in [-0.1, -0.05) is 35.9 Å². The lowest BCUT2D eigenvalue weighted by atomic mass is 10.0. The molecule has 1 nitrogen and oxygen atoms in total. The third kappa shape index (κ3) is 4.71. The van der Waals surface area contributed by atoms with E-state index >= 15 is 0 Å². The Morgan fingerprint density at radius 3 is 1.77 bits per heavy atom. The molecule has 0 unspecified atom stereocenters. The average Bonchev–Trinajstić information content (AvgIpc) is 2.79. The molecule has 0 heterocycles. The van der Waals surface area contributed by atoms with Crippen LogP contribution in [0.15, 0.2) is 66.7 Å². The molecule has 0 radical (unpaired) electrons. The first kappa shape index (κ1) is 24.3. The van der Waals surface area contributed by atoms with Crippen molar-refractivity contribution in [2.75, 3.05) is 0 Å². The number of benzene rings is 4. The maximum atomic E-state index is 14.7. The van der Waals surface area contributed by atoms with E-state index in [2.05, 4.69) is 4.74 Å². The fourth-order valence-corrected chi connectivity index (χ4v) is 3.44. The predicted molar refractivity (Wildman–Crippen MR) is 113 cm³/mol. The van der Waals surface area contributed by atoms with E-state index in [1.807, 2.05) is 0 Å². The van der Waals surface area contributed by atoms with E-state index in [1.165, 1.54) is 12.1 Å². The normalized spacial score (nSPS) is 11.6. The van der Waals surface area contributed by atoms with Gasteiger partial charge in [-0.15, -0.1) is 0 Å². The van der Waals surface area contributed by atoms with Crippen LogP contribution >= 0.6 is 0 Å². The SMILES string of the molecule is Cc1ccc(-c2ccc(C(F)(F)Oc3ccc(-c4cc(F)c(F)c(F)c4)c(F)c3)c(F)c2F)cc1. The first-order valence-electron chi connectivity index (χ1n) is 10.0. The van der Waals surface area contributed by atoms with Crippen LogP contribution in [0.4, 0.5) is 35.1 Å². The minimum absolute atomic E-state index is 0.240. The smallest absolute Gasteiger partial charge is 0.429 e. The summed E-state index contributed by atoms with van der Waals surface area (Å²) in [5.41, 5.74) is -1.35. The molecule has 0 fully saturated rings. The maximum absolute atomic E-state index is 14.7. The third-order valence-electron chi connectivity index (χ3n) is 5.24. The van der Waals surface area contributed by atoms with Crippen molar-refractivity contribution in [3.8, 4) is 28.0 Å². The zero-order chi connectivity index (χ0) is 25.5. The number of hydrogen-bond donors (Lipinski definition) is 0. The van der Waals surface area contributed by atoms with Crippen molar-refractivity contribution in [1.82, 2.24) is 0 Å². The number of ether oxygens (including phenoxy) is 1. The van der Waals surface area contributed by atoms with Gasteiger partial charge in [0.1, 0.15) is 17.1 Å². The summed E-state index contributed by atoms with van der Waals surface area (Å²) in [7, 11) is 0. The Bertz CT molecular complexity index is 1390. The molecule has 4 rings (SSSR count). The molecular formula is C26H14F8O. The predicted octanol–water partition coefficient (Wildman–Crippen LogP) is 8.29. The average molecular weight is 494 g/mol. The summed E-state index contributed by atoms with van der Waals surface area (Å²) in [5, 5.41) is 0. The molecule has 0 saturated carbocycles. The van der Waals surface area contributed by atoms with E-state index in [1.54, 1.807) is 19.1 Å². The molecule has 0 amide bonds. The van der Waals surface area contributed by atoms with Crippen LogP contribution in [0.2, 0.25) is 0 Å². The van der Waals surface area contributed by atoms with E-state index in [4.69, 9.17) is 0 Å². The molecular weight excluding hydrogens is 480 g/mol. The van der Waals surface area contributed by atoms with Crippen LogP contribution in [-0.2, 0) is 6.11 Å². The van der Waals surface area contributed by atoms with Crippen LogP contribution < -0.4 is 4.74 Å². The molecule has 0 aromatic heterocycles. The first-order valence-corrected chi connectivity index (χ1v) is 10.0. The van der Waals surface area contributed by atoms with Crippen molar-refractivity contribution in [3.05, 3.63) is 113 Å². The van der Waals surface area contributed by atoms with Crippen molar-refractivity contribution < 1.29 is 39.9 Å². The van der Waals surface area contributed by atoms with Crippen LogP contribution in [0.5, 0.6) is 5.75 Å². The largest absolute Gasteiger partial charge is 0.429 e. The monoisotopic (exact) mass is 494 g/mol. The van der Waals surface area contributed by atoms with Crippen molar-refractivity contribution in [1.29, 1.82) is 0 Å².